The van der Waals surface area contributed by atoms with E-state index in [0.29, 0.717) is 11.6 Å². The zero-order valence-corrected chi connectivity index (χ0v) is 16.6. The van der Waals surface area contributed by atoms with Crippen LogP contribution in [0.2, 0.25) is 0 Å². The molecule has 2 aromatic rings. The first-order valence-electron chi connectivity index (χ1n) is 10.1. The molecular weight excluding hydrogens is 368 g/mol. The van der Waals surface area contributed by atoms with Crippen molar-refractivity contribution in [3.8, 4) is 5.75 Å². The Balaban J connectivity index is 1.62. The Hall–Kier alpha value is -3.09. The molecule has 0 saturated heterocycles. The number of hydrogen-bond donors (Lipinski definition) is 1. The largest absolute Gasteiger partial charge is 0.472 e. The second kappa shape index (κ2) is 8.11. The van der Waals surface area contributed by atoms with Gasteiger partial charge in [-0.05, 0) is 25.0 Å². The standard InChI is InChI=1S/C22H26N4O3/c1-25(16-10-6-3-7-11-16)19(27)14-26-21-17(12-13-18(23)24-21)29-20(22(26)28)15-8-4-2-5-9-15/h2,4-5,8-9,12-13,16,20H,3,6-7,10-11,14H2,1H3,(H2,23,24). The van der Waals surface area contributed by atoms with Crippen molar-refractivity contribution in [2.75, 3.05) is 24.2 Å². The van der Waals surface area contributed by atoms with Gasteiger partial charge < -0.3 is 15.4 Å². The molecule has 152 valence electrons. The molecule has 1 aliphatic carbocycles. The molecule has 7 nitrogen and oxygen atoms in total. The number of fused-ring (bicyclic) bond motifs is 1. The second-order valence-electron chi connectivity index (χ2n) is 7.69. The lowest BCUT2D eigenvalue weighted by Gasteiger charge is -2.36. The number of ether oxygens (including phenoxy) is 1. The van der Waals surface area contributed by atoms with Crippen LogP contribution in [0.25, 0.3) is 0 Å². The number of amides is 2. The van der Waals surface area contributed by atoms with Crippen LogP contribution in [0.1, 0.15) is 43.8 Å². The molecule has 1 unspecified atom stereocenters. The molecule has 29 heavy (non-hydrogen) atoms. The molecule has 0 bridgehead atoms. The third kappa shape index (κ3) is 3.90. The van der Waals surface area contributed by atoms with Crippen molar-refractivity contribution in [2.24, 2.45) is 0 Å². The fraction of sp³-hybridized carbons (Fsp3) is 0.409. The quantitative estimate of drug-likeness (QED) is 0.861. The molecule has 1 atom stereocenters. The summed E-state index contributed by atoms with van der Waals surface area (Å²) in [7, 11) is 1.83. The van der Waals surface area contributed by atoms with Gasteiger partial charge in [-0.3, -0.25) is 14.5 Å². The fourth-order valence-electron chi connectivity index (χ4n) is 4.07. The lowest BCUT2D eigenvalue weighted by atomic mass is 9.94. The molecule has 1 aromatic heterocycles. The van der Waals surface area contributed by atoms with E-state index in [1.807, 2.05) is 37.4 Å². The number of aromatic nitrogens is 1. The van der Waals surface area contributed by atoms with Crippen LogP contribution in [-0.4, -0.2) is 41.3 Å². The topological polar surface area (TPSA) is 88.8 Å². The number of anilines is 2. The number of pyridine rings is 1. The Morgan fingerprint density at radius 1 is 1.17 bits per heavy atom. The van der Waals surface area contributed by atoms with Crippen molar-refractivity contribution < 1.29 is 14.3 Å². The Morgan fingerprint density at radius 3 is 2.62 bits per heavy atom. The molecule has 1 aliphatic heterocycles. The van der Waals surface area contributed by atoms with Crippen LogP contribution in [0.3, 0.4) is 0 Å². The van der Waals surface area contributed by atoms with Crippen LogP contribution < -0.4 is 15.4 Å². The van der Waals surface area contributed by atoms with Crippen molar-refractivity contribution in [2.45, 2.75) is 44.2 Å². The monoisotopic (exact) mass is 394 g/mol. The minimum absolute atomic E-state index is 0.0814. The molecule has 7 heteroatoms. The lowest BCUT2D eigenvalue weighted by Crippen LogP contribution is -2.49. The number of nitrogen functional groups attached to an aromatic ring is 1. The highest BCUT2D eigenvalue weighted by molar-refractivity contribution is 6.03. The lowest BCUT2D eigenvalue weighted by molar-refractivity contribution is -0.134. The third-order valence-electron chi connectivity index (χ3n) is 5.76. The normalized spacial score (nSPS) is 19.4. The first kappa shape index (κ1) is 19.2. The van der Waals surface area contributed by atoms with Gasteiger partial charge in [-0.2, -0.15) is 0 Å². The summed E-state index contributed by atoms with van der Waals surface area (Å²) in [6.07, 6.45) is 4.69. The van der Waals surface area contributed by atoms with Crippen LogP contribution in [-0.2, 0) is 9.59 Å². The first-order valence-corrected chi connectivity index (χ1v) is 10.1. The van der Waals surface area contributed by atoms with Gasteiger partial charge in [0.15, 0.2) is 11.6 Å². The van der Waals surface area contributed by atoms with Crippen molar-refractivity contribution in [3.63, 3.8) is 0 Å². The van der Waals surface area contributed by atoms with Gasteiger partial charge in [-0.15, -0.1) is 0 Å². The van der Waals surface area contributed by atoms with Crippen molar-refractivity contribution in [1.29, 1.82) is 0 Å². The molecule has 0 radical (unpaired) electrons. The van der Waals surface area contributed by atoms with Gasteiger partial charge in [0, 0.05) is 18.7 Å². The maximum Gasteiger partial charge on any atom is 0.274 e. The number of benzene rings is 1. The van der Waals surface area contributed by atoms with Crippen LogP contribution in [0, 0.1) is 0 Å². The summed E-state index contributed by atoms with van der Waals surface area (Å²) in [5.41, 5.74) is 6.58. The average molecular weight is 394 g/mol. The van der Waals surface area contributed by atoms with Crippen molar-refractivity contribution in [1.82, 2.24) is 9.88 Å². The number of carbonyl (C=O) groups is 2. The van der Waals surface area contributed by atoms with Crippen LogP contribution in [0.15, 0.2) is 42.5 Å². The number of carbonyl (C=O) groups excluding carboxylic acids is 2. The van der Waals surface area contributed by atoms with Gasteiger partial charge >= 0.3 is 0 Å². The van der Waals surface area contributed by atoms with Gasteiger partial charge in [0.05, 0.1) is 0 Å². The molecule has 2 heterocycles. The Kier molecular flexibility index (Phi) is 5.38. The third-order valence-corrected chi connectivity index (χ3v) is 5.76. The maximum atomic E-state index is 13.3. The minimum Gasteiger partial charge on any atom is -0.472 e. The summed E-state index contributed by atoms with van der Waals surface area (Å²) >= 11 is 0. The molecule has 2 aliphatic rings. The smallest absolute Gasteiger partial charge is 0.274 e. The van der Waals surface area contributed by atoms with E-state index in [0.717, 1.165) is 31.2 Å². The molecule has 0 spiro atoms. The summed E-state index contributed by atoms with van der Waals surface area (Å²) in [4.78, 5) is 33.8. The van der Waals surface area contributed by atoms with E-state index < -0.39 is 6.10 Å². The summed E-state index contributed by atoms with van der Waals surface area (Å²) in [6, 6.07) is 12.8. The first-order chi connectivity index (χ1) is 14.0. The number of rotatable bonds is 4. The molecule has 2 amide bonds. The predicted molar refractivity (Wildman–Crippen MR) is 110 cm³/mol. The van der Waals surface area contributed by atoms with Gasteiger partial charge in [0.2, 0.25) is 12.0 Å². The SMILES string of the molecule is CN(C(=O)CN1C(=O)C(c2ccccc2)Oc2ccc(N)nc21)C1CCCCC1. The van der Waals surface area contributed by atoms with Crippen molar-refractivity contribution in [3.05, 3.63) is 48.0 Å². The molecule has 1 aromatic carbocycles. The summed E-state index contributed by atoms with van der Waals surface area (Å²) in [5, 5.41) is 0. The summed E-state index contributed by atoms with van der Waals surface area (Å²) < 4.78 is 5.94. The number of nitrogens with two attached hydrogens (primary N) is 1. The van der Waals surface area contributed by atoms with Crippen LogP contribution >= 0.6 is 0 Å². The number of nitrogens with zero attached hydrogens (tertiary/aromatic N) is 3. The Labute approximate surface area is 170 Å². The molecule has 1 fully saturated rings. The molecule has 2 N–H and O–H groups in total. The summed E-state index contributed by atoms with van der Waals surface area (Å²) in [5.74, 6) is 0.603. The van der Waals surface area contributed by atoms with E-state index in [2.05, 4.69) is 4.98 Å². The zero-order valence-electron chi connectivity index (χ0n) is 16.6. The highest BCUT2D eigenvalue weighted by atomic mass is 16.5. The number of hydrogen-bond acceptors (Lipinski definition) is 5. The fourth-order valence-corrected chi connectivity index (χ4v) is 4.07. The van der Waals surface area contributed by atoms with Gasteiger partial charge in [-0.1, -0.05) is 49.6 Å². The van der Waals surface area contributed by atoms with E-state index >= 15 is 0 Å². The van der Waals surface area contributed by atoms with Crippen LogP contribution in [0.4, 0.5) is 11.6 Å². The summed E-state index contributed by atoms with van der Waals surface area (Å²) in [6.45, 7) is -0.0814. The molecule has 1 saturated carbocycles. The van der Waals surface area contributed by atoms with Crippen LogP contribution in [0.5, 0.6) is 5.75 Å². The van der Waals surface area contributed by atoms with E-state index in [-0.39, 0.29) is 30.2 Å². The Morgan fingerprint density at radius 2 is 1.90 bits per heavy atom. The van der Waals surface area contributed by atoms with Gasteiger partial charge in [0.25, 0.3) is 5.91 Å². The highest BCUT2D eigenvalue weighted by Gasteiger charge is 2.38. The maximum absolute atomic E-state index is 13.3. The van der Waals surface area contributed by atoms with E-state index in [1.165, 1.54) is 11.3 Å². The average Bonchev–Trinajstić information content (AvgIpc) is 2.76. The van der Waals surface area contributed by atoms with E-state index in [1.54, 1.807) is 17.0 Å². The number of likely N-dealkylation sites (N-methyl/N-ethyl adjacent to an activating group) is 1. The molecule has 4 rings (SSSR count). The van der Waals surface area contributed by atoms with Gasteiger partial charge in [0.1, 0.15) is 12.4 Å². The molecular formula is C22H26N4O3. The predicted octanol–water partition coefficient (Wildman–Crippen LogP) is 2.92. The zero-order chi connectivity index (χ0) is 20.4. The highest BCUT2D eigenvalue weighted by Crippen LogP contribution is 2.38. The van der Waals surface area contributed by atoms with Gasteiger partial charge in [-0.25, -0.2) is 4.98 Å². The van der Waals surface area contributed by atoms with E-state index in [9.17, 15) is 9.59 Å². The Bertz CT molecular complexity index is 896. The minimum atomic E-state index is -0.818. The second-order valence-corrected chi connectivity index (χ2v) is 7.69. The van der Waals surface area contributed by atoms with Crippen molar-refractivity contribution >= 4 is 23.5 Å². The van der Waals surface area contributed by atoms with E-state index in [4.69, 9.17) is 10.5 Å².